The number of nitrogens with one attached hydrogen (secondary N) is 2. The van der Waals surface area contributed by atoms with Crippen LogP contribution in [0.3, 0.4) is 0 Å². The summed E-state index contributed by atoms with van der Waals surface area (Å²) in [6.07, 6.45) is 1.90. The molecule has 0 bridgehead atoms. The van der Waals surface area contributed by atoms with Crippen molar-refractivity contribution in [2.24, 2.45) is 5.92 Å². The van der Waals surface area contributed by atoms with Crippen molar-refractivity contribution in [2.45, 2.75) is 26.3 Å². The molecule has 0 unspecified atom stereocenters. The average Bonchev–Trinajstić information content (AvgIpc) is 3.54. The number of carbonyl (C=O) groups excluding carboxylic acids is 2. The lowest BCUT2D eigenvalue weighted by atomic mass is 10.1. The van der Waals surface area contributed by atoms with Gasteiger partial charge in [0, 0.05) is 23.7 Å². The summed E-state index contributed by atoms with van der Waals surface area (Å²) < 4.78 is 10.8. The first-order valence-corrected chi connectivity index (χ1v) is 9.58. The van der Waals surface area contributed by atoms with E-state index >= 15 is 0 Å². The molecule has 1 aliphatic carbocycles. The van der Waals surface area contributed by atoms with E-state index in [1.807, 2.05) is 6.92 Å². The van der Waals surface area contributed by atoms with Crippen molar-refractivity contribution >= 4 is 29.1 Å². The maximum atomic E-state index is 12.4. The maximum absolute atomic E-state index is 12.4. The number of methoxy groups -OCH3 is 1. The van der Waals surface area contributed by atoms with Gasteiger partial charge in [-0.1, -0.05) is 11.6 Å². The molecule has 6 nitrogen and oxygen atoms in total. The minimum absolute atomic E-state index is 0.0403. The molecule has 1 aliphatic rings. The van der Waals surface area contributed by atoms with Gasteiger partial charge in [-0.25, -0.2) is 0 Å². The van der Waals surface area contributed by atoms with E-state index in [-0.39, 0.29) is 17.7 Å². The highest BCUT2D eigenvalue weighted by atomic mass is 35.5. The van der Waals surface area contributed by atoms with Gasteiger partial charge in [0.2, 0.25) is 5.91 Å². The SMILES string of the molecule is CCOc1c(Cl)cc(CNC(=O)c2ccc(NC(=O)C3CC3)cc2)cc1OC. The summed E-state index contributed by atoms with van der Waals surface area (Å²) in [5.74, 6) is 0.975. The van der Waals surface area contributed by atoms with Crippen molar-refractivity contribution in [1.29, 1.82) is 0 Å². The Morgan fingerprint density at radius 3 is 2.50 bits per heavy atom. The van der Waals surface area contributed by atoms with Gasteiger partial charge in [-0.3, -0.25) is 9.59 Å². The monoisotopic (exact) mass is 402 g/mol. The van der Waals surface area contributed by atoms with Gasteiger partial charge in [0.25, 0.3) is 5.91 Å². The van der Waals surface area contributed by atoms with Crippen LogP contribution in [0.15, 0.2) is 36.4 Å². The van der Waals surface area contributed by atoms with Gasteiger partial charge in [-0.05, 0) is 61.7 Å². The Balaban J connectivity index is 1.60. The van der Waals surface area contributed by atoms with E-state index in [2.05, 4.69) is 10.6 Å². The predicted molar refractivity (Wildman–Crippen MR) is 108 cm³/mol. The number of benzene rings is 2. The summed E-state index contributed by atoms with van der Waals surface area (Å²) in [5, 5.41) is 6.14. The Morgan fingerprint density at radius 1 is 1.18 bits per heavy atom. The molecule has 28 heavy (non-hydrogen) atoms. The second-order valence-corrected chi connectivity index (χ2v) is 6.97. The second-order valence-electron chi connectivity index (χ2n) is 6.57. The number of amides is 2. The van der Waals surface area contributed by atoms with Crippen LogP contribution in [0.5, 0.6) is 11.5 Å². The largest absolute Gasteiger partial charge is 0.493 e. The Hall–Kier alpha value is -2.73. The summed E-state index contributed by atoms with van der Waals surface area (Å²) in [6.45, 7) is 2.64. The summed E-state index contributed by atoms with van der Waals surface area (Å²) in [5.41, 5.74) is 2.00. The van der Waals surface area contributed by atoms with Crippen molar-refractivity contribution in [3.63, 3.8) is 0 Å². The number of halogens is 1. The third-order valence-electron chi connectivity index (χ3n) is 4.39. The molecule has 0 heterocycles. The van der Waals surface area contributed by atoms with Crippen molar-refractivity contribution in [1.82, 2.24) is 5.32 Å². The van der Waals surface area contributed by atoms with E-state index in [1.165, 1.54) is 0 Å². The van der Waals surface area contributed by atoms with E-state index in [1.54, 1.807) is 43.5 Å². The van der Waals surface area contributed by atoms with Crippen LogP contribution in [0.2, 0.25) is 5.02 Å². The lowest BCUT2D eigenvalue weighted by Gasteiger charge is -2.13. The average molecular weight is 403 g/mol. The van der Waals surface area contributed by atoms with Crippen LogP contribution in [-0.4, -0.2) is 25.5 Å². The molecule has 0 spiro atoms. The lowest BCUT2D eigenvalue weighted by molar-refractivity contribution is -0.117. The molecule has 7 heteroatoms. The normalized spacial score (nSPS) is 13.0. The molecule has 3 rings (SSSR count). The fraction of sp³-hybridized carbons (Fsp3) is 0.333. The van der Waals surface area contributed by atoms with E-state index in [0.29, 0.717) is 40.9 Å². The van der Waals surface area contributed by atoms with Crippen LogP contribution in [0, 0.1) is 5.92 Å². The number of hydrogen-bond donors (Lipinski definition) is 2. The van der Waals surface area contributed by atoms with Crippen LogP contribution in [-0.2, 0) is 11.3 Å². The van der Waals surface area contributed by atoms with E-state index < -0.39 is 0 Å². The van der Waals surface area contributed by atoms with Gasteiger partial charge in [0.05, 0.1) is 18.7 Å². The van der Waals surface area contributed by atoms with Crippen molar-refractivity contribution in [3.05, 3.63) is 52.5 Å². The lowest BCUT2D eigenvalue weighted by Crippen LogP contribution is -2.23. The van der Waals surface area contributed by atoms with Gasteiger partial charge in [0.1, 0.15) is 0 Å². The fourth-order valence-electron chi connectivity index (χ4n) is 2.74. The van der Waals surface area contributed by atoms with Gasteiger partial charge in [-0.15, -0.1) is 0 Å². The summed E-state index contributed by atoms with van der Waals surface area (Å²) in [7, 11) is 1.54. The third-order valence-corrected chi connectivity index (χ3v) is 4.67. The Morgan fingerprint density at radius 2 is 1.89 bits per heavy atom. The standard InChI is InChI=1S/C21H23ClN2O4/c1-3-28-19-17(22)10-13(11-18(19)27-2)12-23-20(25)14-6-8-16(9-7-14)24-21(26)15-4-5-15/h6-11,15H,3-5,12H2,1-2H3,(H,23,25)(H,24,26). The zero-order chi connectivity index (χ0) is 20.1. The number of rotatable bonds is 8. The van der Waals surface area contributed by atoms with Gasteiger partial charge in [-0.2, -0.15) is 0 Å². The first-order valence-electron chi connectivity index (χ1n) is 9.20. The summed E-state index contributed by atoms with van der Waals surface area (Å²) in [6, 6.07) is 10.4. The van der Waals surface area contributed by atoms with E-state index in [4.69, 9.17) is 21.1 Å². The minimum Gasteiger partial charge on any atom is -0.493 e. The van der Waals surface area contributed by atoms with E-state index in [9.17, 15) is 9.59 Å². The van der Waals surface area contributed by atoms with Crippen LogP contribution in [0.1, 0.15) is 35.7 Å². The summed E-state index contributed by atoms with van der Waals surface area (Å²) >= 11 is 6.26. The van der Waals surface area contributed by atoms with Crippen molar-refractivity contribution < 1.29 is 19.1 Å². The highest BCUT2D eigenvalue weighted by molar-refractivity contribution is 6.32. The molecule has 0 saturated heterocycles. The van der Waals surface area contributed by atoms with Gasteiger partial charge >= 0.3 is 0 Å². The zero-order valence-corrected chi connectivity index (χ0v) is 16.6. The molecular formula is C21H23ClN2O4. The number of anilines is 1. The Labute approximate surface area is 169 Å². The highest BCUT2D eigenvalue weighted by Crippen LogP contribution is 2.36. The van der Waals surface area contributed by atoms with Crippen LogP contribution in [0.25, 0.3) is 0 Å². The number of ether oxygens (including phenoxy) is 2. The molecule has 0 aromatic heterocycles. The molecule has 2 aromatic carbocycles. The molecule has 148 valence electrons. The third kappa shape index (κ3) is 4.95. The highest BCUT2D eigenvalue weighted by Gasteiger charge is 2.29. The van der Waals surface area contributed by atoms with Crippen LogP contribution in [0.4, 0.5) is 5.69 Å². The maximum Gasteiger partial charge on any atom is 0.251 e. The molecule has 2 amide bonds. The molecular weight excluding hydrogens is 380 g/mol. The quantitative estimate of drug-likeness (QED) is 0.699. The molecule has 0 atom stereocenters. The van der Waals surface area contributed by atoms with Crippen LogP contribution >= 0.6 is 11.6 Å². The molecule has 0 radical (unpaired) electrons. The smallest absolute Gasteiger partial charge is 0.251 e. The summed E-state index contributed by atoms with van der Waals surface area (Å²) in [4.78, 5) is 24.2. The Kier molecular flexibility index (Phi) is 6.41. The predicted octanol–water partition coefficient (Wildman–Crippen LogP) is 4.03. The van der Waals surface area contributed by atoms with Crippen molar-refractivity contribution in [3.8, 4) is 11.5 Å². The van der Waals surface area contributed by atoms with Crippen LogP contribution < -0.4 is 20.1 Å². The van der Waals surface area contributed by atoms with Gasteiger partial charge in [0.15, 0.2) is 11.5 Å². The second kappa shape index (κ2) is 8.97. The number of hydrogen-bond acceptors (Lipinski definition) is 4. The Bertz CT molecular complexity index is 863. The molecule has 0 aliphatic heterocycles. The molecule has 1 saturated carbocycles. The molecule has 1 fully saturated rings. The fourth-order valence-corrected chi connectivity index (χ4v) is 3.03. The minimum atomic E-state index is -0.218. The first-order chi connectivity index (χ1) is 13.5. The zero-order valence-electron chi connectivity index (χ0n) is 15.9. The first kappa shape index (κ1) is 20.0. The van der Waals surface area contributed by atoms with Gasteiger partial charge < -0.3 is 20.1 Å². The molecule has 2 N–H and O–H groups in total. The topological polar surface area (TPSA) is 76.7 Å². The number of carbonyl (C=O) groups is 2. The van der Waals surface area contributed by atoms with E-state index in [0.717, 1.165) is 18.4 Å². The van der Waals surface area contributed by atoms with Crippen molar-refractivity contribution in [2.75, 3.05) is 19.0 Å². The molecule has 2 aromatic rings.